The molecule has 0 spiro atoms. The van der Waals surface area contributed by atoms with Crippen molar-refractivity contribution in [1.29, 1.82) is 0 Å². The van der Waals surface area contributed by atoms with Crippen LogP contribution in [0.25, 0.3) is 22.2 Å². The van der Waals surface area contributed by atoms with Crippen molar-refractivity contribution in [2.45, 2.75) is 38.3 Å². The van der Waals surface area contributed by atoms with Crippen molar-refractivity contribution in [1.82, 2.24) is 19.4 Å². The van der Waals surface area contributed by atoms with Crippen molar-refractivity contribution in [2.24, 2.45) is 0 Å². The normalized spacial score (nSPS) is 20.8. The number of nitrogens with zero attached hydrogens (tertiary/aromatic N) is 4. The lowest BCUT2D eigenvalue weighted by molar-refractivity contribution is 0.132. The van der Waals surface area contributed by atoms with Crippen LogP contribution < -0.4 is 10.9 Å². The average molecular weight is 450 g/mol. The van der Waals surface area contributed by atoms with Crippen LogP contribution in [0.1, 0.15) is 30.9 Å². The Morgan fingerprint density at radius 1 is 1.24 bits per heavy atom. The summed E-state index contributed by atoms with van der Waals surface area (Å²) < 4.78 is 7.34. The fourth-order valence-corrected chi connectivity index (χ4v) is 4.77. The Kier molecular flexibility index (Phi) is 5.72. The van der Waals surface area contributed by atoms with Crippen molar-refractivity contribution in [3.8, 4) is 11.1 Å². The number of likely N-dealkylation sites (tertiary alicyclic amines) is 1. The smallest absolute Gasteiger partial charge is 0.407 e. The van der Waals surface area contributed by atoms with E-state index < -0.39 is 6.09 Å². The van der Waals surface area contributed by atoms with E-state index in [-0.39, 0.29) is 17.6 Å². The second-order valence-electron chi connectivity index (χ2n) is 8.75. The number of carboxylic acid groups (broad SMARTS) is 1. The van der Waals surface area contributed by atoms with Crippen molar-refractivity contribution in [3.05, 3.63) is 52.4 Å². The van der Waals surface area contributed by atoms with Gasteiger partial charge in [-0.3, -0.25) is 9.36 Å². The minimum absolute atomic E-state index is 0.0754. The number of carbonyl (C=O) groups is 1. The molecule has 2 aliphatic rings. The van der Waals surface area contributed by atoms with Crippen LogP contribution in [0.4, 0.5) is 10.7 Å². The highest BCUT2D eigenvalue weighted by molar-refractivity contribution is 5.82. The maximum Gasteiger partial charge on any atom is 0.407 e. The Hall–Kier alpha value is -3.46. The summed E-state index contributed by atoms with van der Waals surface area (Å²) in [4.78, 5) is 35.7. The van der Waals surface area contributed by atoms with Gasteiger partial charge in [0.25, 0.3) is 5.56 Å². The molecule has 4 heterocycles. The predicted octanol–water partition coefficient (Wildman–Crippen LogP) is 3.28. The highest BCUT2D eigenvalue weighted by Gasteiger charge is 2.26. The third kappa shape index (κ3) is 4.16. The Bertz CT molecular complexity index is 1250. The Balaban J connectivity index is 1.57. The summed E-state index contributed by atoms with van der Waals surface area (Å²) in [5.41, 5.74) is 3.03. The summed E-state index contributed by atoms with van der Waals surface area (Å²) in [5, 5.41) is 13.4. The highest BCUT2D eigenvalue weighted by atomic mass is 16.5. The molecule has 1 amide bonds. The van der Waals surface area contributed by atoms with E-state index in [1.54, 1.807) is 10.8 Å². The standard InChI is InChI=1S/C24H27N5O4/c1-15-5-2-3-7-19(15)20-11-16-12-25-23(26-17-6-4-9-28(13-17)24(31)32)27-21(16)29(22(20)30)18-8-10-33-14-18/h2-3,5,7,11-12,17-18H,4,6,8-10,13-14H2,1H3,(H,31,32)(H,25,26,27)/t17-,18+/m0/s1. The van der Waals surface area contributed by atoms with E-state index >= 15 is 0 Å². The van der Waals surface area contributed by atoms with Crippen molar-refractivity contribution in [2.75, 3.05) is 31.6 Å². The minimum atomic E-state index is -0.917. The van der Waals surface area contributed by atoms with Crippen LogP contribution >= 0.6 is 0 Å². The molecule has 0 aliphatic carbocycles. The lowest BCUT2D eigenvalue weighted by atomic mass is 10.0. The van der Waals surface area contributed by atoms with E-state index in [9.17, 15) is 14.7 Å². The van der Waals surface area contributed by atoms with Gasteiger partial charge in [0.1, 0.15) is 5.65 Å². The summed E-state index contributed by atoms with van der Waals surface area (Å²) in [6, 6.07) is 9.54. The second-order valence-corrected chi connectivity index (χ2v) is 8.75. The number of pyridine rings is 1. The number of anilines is 1. The van der Waals surface area contributed by atoms with Crippen LogP contribution in [-0.4, -0.2) is 63.0 Å². The van der Waals surface area contributed by atoms with Gasteiger partial charge in [0.2, 0.25) is 5.95 Å². The molecule has 2 saturated heterocycles. The fraction of sp³-hybridized carbons (Fsp3) is 0.417. The Morgan fingerprint density at radius 3 is 2.85 bits per heavy atom. The molecule has 9 nitrogen and oxygen atoms in total. The second kappa shape index (κ2) is 8.82. The molecule has 5 rings (SSSR count). The van der Waals surface area contributed by atoms with E-state index in [2.05, 4.69) is 10.3 Å². The molecule has 0 radical (unpaired) electrons. The molecule has 3 aromatic rings. The van der Waals surface area contributed by atoms with E-state index in [1.807, 2.05) is 37.3 Å². The molecule has 33 heavy (non-hydrogen) atoms. The molecule has 172 valence electrons. The van der Waals surface area contributed by atoms with Crippen molar-refractivity contribution in [3.63, 3.8) is 0 Å². The molecule has 2 aliphatic heterocycles. The maximum atomic E-state index is 13.7. The van der Waals surface area contributed by atoms with Gasteiger partial charge < -0.3 is 20.1 Å². The number of ether oxygens (including phenoxy) is 1. The average Bonchev–Trinajstić information content (AvgIpc) is 3.34. The zero-order chi connectivity index (χ0) is 22.9. The number of aryl methyl sites for hydroxylation is 1. The van der Waals surface area contributed by atoms with Crippen LogP contribution in [0.5, 0.6) is 0 Å². The first-order valence-electron chi connectivity index (χ1n) is 11.3. The third-order valence-corrected chi connectivity index (χ3v) is 6.50. The molecule has 2 fully saturated rings. The van der Waals surface area contributed by atoms with E-state index in [0.29, 0.717) is 43.5 Å². The summed E-state index contributed by atoms with van der Waals surface area (Å²) >= 11 is 0. The molecule has 9 heteroatoms. The number of amides is 1. The van der Waals surface area contributed by atoms with Gasteiger partial charge in [0, 0.05) is 42.9 Å². The Morgan fingerprint density at radius 2 is 2.09 bits per heavy atom. The van der Waals surface area contributed by atoms with Gasteiger partial charge in [-0.2, -0.15) is 4.98 Å². The molecular weight excluding hydrogens is 422 g/mol. The molecule has 2 aromatic heterocycles. The van der Waals surface area contributed by atoms with Gasteiger partial charge in [-0.25, -0.2) is 9.78 Å². The van der Waals surface area contributed by atoms with E-state index in [0.717, 1.165) is 35.8 Å². The van der Waals surface area contributed by atoms with E-state index in [1.165, 1.54) is 4.90 Å². The molecule has 2 atom stereocenters. The fourth-order valence-electron chi connectivity index (χ4n) is 4.77. The SMILES string of the molecule is Cc1ccccc1-c1cc2cnc(N[C@H]3CCCN(C(=O)O)C3)nc2n([C@@H]2CCOC2)c1=O. The Labute approximate surface area is 191 Å². The number of hydrogen-bond acceptors (Lipinski definition) is 6. The van der Waals surface area contributed by atoms with Crippen LogP contribution in [0.15, 0.2) is 41.3 Å². The lowest BCUT2D eigenvalue weighted by Gasteiger charge is -2.31. The molecule has 0 saturated carbocycles. The zero-order valence-corrected chi connectivity index (χ0v) is 18.5. The number of aromatic nitrogens is 3. The van der Waals surface area contributed by atoms with Gasteiger partial charge >= 0.3 is 6.09 Å². The van der Waals surface area contributed by atoms with Gasteiger partial charge in [-0.1, -0.05) is 24.3 Å². The molecular formula is C24H27N5O4. The number of rotatable bonds is 4. The van der Waals surface area contributed by atoms with Crippen molar-refractivity contribution < 1.29 is 14.6 Å². The molecule has 1 aromatic carbocycles. The number of benzene rings is 1. The van der Waals surface area contributed by atoms with Gasteiger partial charge in [0.05, 0.1) is 12.6 Å². The van der Waals surface area contributed by atoms with Gasteiger partial charge in [-0.05, 0) is 43.4 Å². The number of nitrogens with one attached hydrogen (secondary N) is 1. The first-order chi connectivity index (χ1) is 16.0. The molecule has 0 bridgehead atoms. The number of hydrogen-bond donors (Lipinski definition) is 2. The predicted molar refractivity (Wildman–Crippen MR) is 125 cm³/mol. The zero-order valence-electron chi connectivity index (χ0n) is 18.5. The number of piperidine rings is 1. The summed E-state index contributed by atoms with van der Waals surface area (Å²) in [6.07, 6.45) is 3.17. The summed E-state index contributed by atoms with van der Waals surface area (Å²) in [7, 11) is 0. The highest BCUT2D eigenvalue weighted by Crippen LogP contribution is 2.27. The number of fused-ring (bicyclic) bond motifs is 1. The maximum absolute atomic E-state index is 13.7. The molecule has 2 N–H and O–H groups in total. The minimum Gasteiger partial charge on any atom is -0.465 e. The van der Waals surface area contributed by atoms with Gasteiger partial charge in [0.15, 0.2) is 0 Å². The summed E-state index contributed by atoms with van der Waals surface area (Å²) in [5.74, 6) is 0.399. The molecule has 0 unspecified atom stereocenters. The van der Waals surface area contributed by atoms with Crippen LogP contribution in [0, 0.1) is 6.92 Å². The quantitative estimate of drug-likeness (QED) is 0.629. The first kappa shape index (κ1) is 21.4. The van der Waals surface area contributed by atoms with Gasteiger partial charge in [-0.15, -0.1) is 0 Å². The van der Waals surface area contributed by atoms with Crippen LogP contribution in [0.2, 0.25) is 0 Å². The van der Waals surface area contributed by atoms with E-state index in [4.69, 9.17) is 9.72 Å². The van der Waals surface area contributed by atoms with Crippen LogP contribution in [-0.2, 0) is 4.74 Å². The first-order valence-corrected chi connectivity index (χ1v) is 11.3. The topological polar surface area (TPSA) is 110 Å². The largest absolute Gasteiger partial charge is 0.465 e. The summed E-state index contributed by atoms with van der Waals surface area (Å²) in [6.45, 7) is 3.99. The lowest BCUT2D eigenvalue weighted by Crippen LogP contribution is -2.44. The monoisotopic (exact) mass is 449 g/mol. The van der Waals surface area contributed by atoms with Crippen LogP contribution in [0.3, 0.4) is 0 Å². The van der Waals surface area contributed by atoms with Crippen molar-refractivity contribution >= 4 is 23.1 Å². The third-order valence-electron chi connectivity index (χ3n) is 6.50.